The molecule has 20 heteroatoms. The molecule has 0 bridgehead atoms. The molecule has 1 aromatic heterocycles. The fraction of sp³-hybridized carbons (Fsp3) is 0.419. The van der Waals surface area contributed by atoms with Crippen molar-refractivity contribution < 1.29 is 63.2 Å². The number of aryl methyl sites for hydroxylation is 1. The predicted molar refractivity (Wildman–Crippen MR) is 312 cm³/mol. The molecule has 19 nitrogen and oxygen atoms in total. The number of primary amides is 1. The third-order valence-electron chi connectivity index (χ3n) is 18.0. The molecule has 434 valence electrons. The molecule has 1 amide bonds. The van der Waals surface area contributed by atoms with E-state index in [1.165, 1.54) is 25.1 Å². The van der Waals surface area contributed by atoms with Crippen molar-refractivity contribution in [2.75, 3.05) is 66.2 Å². The van der Waals surface area contributed by atoms with Crippen LogP contribution in [0.4, 0.5) is 11.4 Å². The predicted octanol–water partition coefficient (Wildman–Crippen LogP) is 7.28. The van der Waals surface area contributed by atoms with Crippen molar-refractivity contribution in [2.45, 2.75) is 88.6 Å². The summed E-state index contributed by atoms with van der Waals surface area (Å²) in [5, 5.41) is 60.3. The zero-order chi connectivity index (χ0) is 60.5. The Morgan fingerprint density at radius 3 is 1.80 bits per heavy atom. The SMILES string of the molecule is C=C1[C@@H]2Cc3c(N(C)C)ccc(C)c3C(O)=C2C(=O)[C@]2(O[Si](C)(C)C(C)(C)C)C(=O)c3c(OCc4ccccc4)noc3[C@@H](N(C)C)[C@H]12.C=C1[C@@H]2Cc3c(N(C)C)ccc(O)c3C(O)=C2C(=O)[C@]2(O)C(O)=C(C(N)=O)C(=O)[C@@H](N(C)C)[C@H]12. The minimum atomic E-state index is -2.87. The van der Waals surface area contributed by atoms with Gasteiger partial charge in [-0.1, -0.05) is 81.5 Å². The number of carbonyl (C=O) groups is 5. The lowest BCUT2D eigenvalue weighted by Crippen LogP contribution is -2.68. The van der Waals surface area contributed by atoms with Gasteiger partial charge in [0.25, 0.3) is 11.8 Å². The van der Waals surface area contributed by atoms with E-state index in [2.05, 4.69) is 39.1 Å². The summed E-state index contributed by atoms with van der Waals surface area (Å²) in [6.07, 6.45) is 0.597. The highest BCUT2D eigenvalue weighted by atomic mass is 28.4. The molecule has 2 fully saturated rings. The van der Waals surface area contributed by atoms with Gasteiger partial charge in [-0.25, -0.2) is 0 Å². The largest absolute Gasteiger partial charge is 0.508 e. The maximum atomic E-state index is 15.5. The van der Waals surface area contributed by atoms with E-state index in [1.54, 1.807) is 25.1 Å². The highest BCUT2D eigenvalue weighted by Gasteiger charge is 2.71. The zero-order valence-corrected chi connectivity index (χ0v) is 50.0. The molecule has 1 heterocycles. The van der Waals surface area contributed by atoms with Gasteiger partial charge in [-0.15, -0.1) is 0 Å². The fourth-order valence-corrected chi connectivity index (χ4v) is 14.5. The van der Waals surface area contributed by atoms with Crippen molar-refractivity contribution in [3.05, 3.63) is 146 Å². The van der Waals surface area contributed by atoms with Gasteiger partial charge in [0, 0.05) is 79.9 Å². The second-order valence-corrected chi connectivity index (χ2v) is 29.5. The number of aromatic hydroxyl groups is 1. The van der Waals surface area contributed by atoms with Gasteiger partial charge in [0.05, 0.1) is 17.6 Å². The van der Waals surface area contributed by atoms with Crippen molar-refractivity contribution in [1.29, 1.82) is 0 Å². The van der Waals surface area contributed by atoms with E-state index < -0.39 is 101 Å². The number of rotatable bonds is 10. The first-order valence-corrected chi connectivity index (χ1v) is 30.0. The number of phenolic OH excluding ortho intramolecular Hbond substituents is 1. The maximum absolute atomic E-state index is 15.5. The second kappa shape index (κ2) is 20.4. The first kappa shape index (κ1) is 59.0. The number of aromatic nitrogens is 1. The number of carbonyl (C=O) groups excluding carboxylic acids is 5. The number of likely N-dealkylation sites (N-methyl/N-ethyl adjacent to an activating group) is 1. The molecule has 2 saturated carbocycles. The first-order chi connectivity index (χ1) is 38.2. The Bertz CT molecular complexity index is 3550. The summed E-state index contributed by atoms with van der Waals surface area (Å²) >= 11 is 0. The number of ether oxygens (including phenoxy) is 1. The molecule has 8 atom stereocenters. The van der Waals surface area contributed by atoms with Gasteiger partial charge < -0.3 is 54.8 Å². The number of Topliss-reactive ketones (excluding diaryl/α,β-unsaturated/α-hetero) is 4. The Kier molecular flexibility index (Phi) is 14.7. The number of nitrogens with two attached hydrogens (primary N) is 1. The van der Waals surface area contributed by atoms with Gasteiger partial charge in [0.2, 0.25) is 17.3 Å². The van der Waals surface area contributed by atoms with Crippen molar-refractivity contribution in [2.24, 2.45) is 29.4 Å². The van der Waals surface area contributed by atoms with Gasteiger partial charge in [0.1, 0.15) is 40.8 Å². The highest BCUT2D eigenvalue weighted by Crippen LogP contribution is 2.61. The van der Waals surface area contributed by atoms with Crippen molar-refractivity contribution in [1.82, 2.24) is 15.0 Å². The molecular weight excluding hydrogens is 1060 g/mol. The van der Waals surface area contributed by atoms with Crippen LogP contribution >= 0.6 is 0 Å². The normalized spacial score (nSPS) is 25.9. The van der Waals surface area contributed by atoms with Crippen LogP contribution in [0.5, 0.6) is 11.6 Å². The molecule has 6 aliphatic carbocycles. The van der Waals surface area contributed by atoms with Crippen LogP contribution in [0.3, 0.4) is 0 Å². The minimum absolute atomic E-state index is 0.0153. The molecule has 10 rings (SSSR count). The number of phenols is 1. The molecule has 4 aromatic rings. The lowest BCUT2D eigenvalue weighted by molar-refractivity contribution is -0.148. The number of aliphatic hydroxyl groups excluding tert-OH is 3. The number of fused-ring (bicyclic) bond motifs is 7. The molecule has 0 aliphatic heterocycles. The minimum Gasteiger partial charge on any atom is -0.508 e. The monoisotopic (exact) mass is 1140 g/mol. The van der Waals surface area contributed by atoms with Crippen LogP contribution in [0.15, 0.2) is 106 Å². The van der Waals surface area contributed by atoms with Crippen molar-refractivity contribution in [3.63, 3.8) is 0 Å². The zero-order valence-electron chi connectivity index (χ0n) is 49.0. The quantitative estimate of drug-likeness (QED) is 0.0394. The number of ketones is 4. The maximum Gasteiger partial charge on any atom is 0.265 e. The number of hydrogen-bond acceptors (Lipinski definition) is 18. The van der Waals surface area contributed by atoms with E-state index in [0.717, 1.165) is 22.4 Å². The Hall–Kier alpha value is -7.62. The summed E-state index contributed by atoms with van der Waals surface area (Å²) in [6, 6.07) is 14.8. The van der Waals surface area contributed by atoms with Crippen molar-refractivity contribution >= 4 is 60.3 Å². The first-order valence-electron chi connectivity index (χ1n) is 27.1. The van der Waals surface area contributed by atoms with Crippen LogP contribution in [0, 0.1) is 30.6 Å². The van der Waals surface area contributed by atoms with Gasteiger partial charge >= 0.3 is 0 Å². The Labute approximate surface area is 478 Å². The topological polar surface area (TPSA) is 270 Å². The fourth-order valence-electron chi connectivity index (χ4n) is 13.1. The van der Waals surface area contributed by atoms with E-state index in [4.69, 9.17) is 19.4 Å². The molecule has 82 heavy (non-hydrogen) atoms. The summed E-state index contributed by atoms with van der Waals surface area (Å²) in [4.78, 5) is 77.0. The number of aliphatic hydroxyl groups is 4. The lowest BCUT2D eigenvalue weighted by Gasteiger charge is -2.56. The number of benzene rings is 3. The van der Waals surface area contributed by atoms with Crippen LogP contribution in [-0.4, -0.2) is 151 Å². The number of hydrogen-bond donors (Lipinski definition) is 6. The Balaban J connectivity index is 0.000000210. The van der Waals surface area contributed by atoms with Crippen molar-refractivity contribution in [3.8, 4) is 11.6 Å². The van der Waals surface area contributed by atoms with E-state index in [0.29, 0.717) is 34.6 Å². The van der Waals surface area contributed by atoms with Gasteiger partial charge in [0.15, 0.2) is 31.1 Å². The molecule has 6 aliphatic rings. The van der Waals surface area contributed by atoms with Crippen LogP contribution < -0.4 is 20.3 Å². The summed E-state index contributed by atoms with van der Waals surface area (Å²) in [5.41, 5.74) is 6.12. The summed E-state index contributed by atoms with van der Waals surface area (Å²) in [6.45, 7) is 21.1. The van der Waals surface area contributed by atoms with Crippen LogP contribution in [0.2, 0.25) is 18.1 Å². The standard InChI is InChI=1S/C38H47N3O6Si.C24H27N3O7/c1-21-17-18-26(40(6)7)25-19-24-22(2)30-31(41(8)9)33-29(36(39-46-33)45-20-23-15-13-12-14-16-23)35(44)38(30,47-48(10,11)37(3,4)5)34(43)28(24)32(42)27(21)25;1-9-10-8-11-12(26(2)3)6-7-13(28)14(11)19(29)15(10)21(31)24(34)17(9)18(27(4)5)20(30)16(22(24)32)23(25)33/h12-18,24,30-31,42H,2,19-20H2,1,3-11H3;6-7,10,17-18,28-29,32,34H,1,8H2,2-5H3,(H2,25,33)/t24-,30-,31-,38-;10-,17-,18-,24-/m00/s1. The number of amides is 1. The van der Waals surface area contributed by atoms with E-state index in [-0.39, 0.29) is 63.3 Å². The average Bonchev–Trinajstić information content (AvgIpc) is 1.00. The Morgan fingerprint density at radius 1 is 0.744 bits per heavy atom. The third kappa shape index (κ3) is 8.57. The number of nitrogens with zero attached hydrogens (tertiary/aromatic N) is 5. The highest BCUT2D eigenvalue weighted by molar-refractivity contribution is 6.74. The van der Waals surface area contributed by atoms with E-state index in [9.17, 15) is 39.9 Å². The molecule has 0 radical (unpaired) electrons. The molecule has 0 spiro atoms. The molecule has 7 N–H and O–H groups in total. The molecule has 0 saturated heterocycles. The van der Waals surface area contributed by atoms with Crippen LogP contribution in [-0.2, 0) is 43.1 Å². The smallest absolute Gasteiger partial charge is 0.265 e. The van der Waals surface area contributed by atoms with E-state index >= 15 is 9.59 Å². The summed E-state index contributed by atoms with van der Waals surface area (Å²) in [5.74, 6) is -9.54. The lowest BCUT2D eigenvalue weighted by atomic mass is 9.55. The van der Waals surface area contributed by atoms with Gasteiger partial charge in [-0.05, 0) is 112 Å². The Morgan fingerprint density at radius 2 is 1.27 bits per heavy atom. The van der Waals surface area contributed by atoms with E-state index in [1.807, 2.05) is 100 Å². The van der Waals surface area contributed by atoms with Gasteiger partial charge in [-0.3, -0.25) is 33.8 Å². The summed E-state index contributed by atoms with van der Waals surface area (Å²) < 4.78 is 19.3. The molecular formula is C62H74N6O13Si. The number of anilines is 2. The third-order valence-corrected chi connectivity index (χ3v) is 22.5. The molecule has 0 unspecified atom stereocenters. The second-order valence-electron chi connectivity index (χ2n) is 24.8. The summed E-state index contributed by atoms with van der Waals surface area (Å²) in [7, 11) is 11.5. The van der Waals surface area contributed by atoms with Gasteiger partial charge in [-0.2, -0.15) is 0 Å². The van der Waals surface area contributed by atoms with Crippen LogP contribution in [0.25, 0.3) is 11.5 Å². The van der Waals surface area contributed by atoms with Crippen LogP contribution in [0.1, 0.15) is 76.3 Å². The molecule has 3 aromatic carbocycles. The average molecular weight is 1140 g/mol.